The number of nitrogens with one attached hydrogen (secondary N) is 1. The number of imide groups is 1. The third kappa shape index (κ3) is 2.60. The monoisotopic (exact) mass is 239 g/mol. The third-order valence-corrected chi connectivity index (χ3v) is 3.53. The van der Waals surface area contributed by atoms with E-state index in [9.17, 15) is 9.59 Å². The number of hydrogen-bond donors (Lipinski definition) is 1. The van der Waals surface area contributed by atoms with E-state index in [4.69, 9.17) is 0 Å². The van der Waals surface area contributed by atoms with E-state index < -0.39 is 5.54 Å². The molecule has 0 aromatic carbocycles. The van der Waals surface area contributed by atoms with E-state index in [2.05, 4.69) is 10.2 Å². The minimum absolute atomic E-state index is 0.112. The zero-order valence-corrected chi connectivity index (χ0v) is 10.7. The quantitative estimate of drug-likeness (QED) is 0.741. The van der Waals surface area contributed by atoms with Gasteiger partial charge in [0.05, 0.1) is 0 Å². The highest BCUT2D eigenvalue weighted by molar-refractivity contribution is 6.06. The second-order valence-electron chi connectivity index (χ2n) is 5.41. The zero-order chi connectivity index (χ0) is 12.5. The van der Waals surface area contributed by atoms with E-state index in [0.717, 1.165) is 19.6 Å². The van der Waals surface area contributed by atoms with Crippen LogP contribution in [0.5, 0.6) is 0 Å². The molecule has 5 heteroatoms. The van der Waals surface area contributed by atoms with Crippen molar-refractivity contribution in [1.82, 2.24) is 15.1 Å². The van der Waals surface area contributed by atoms with Gasteiger partial charge in [-0.05, 0) is 39.8 Å². The molecule has 2 aliphatic heterocycles. The fourth-order valence-electron chi connectivity index (χ4n) is 2.45. The number of amides is 3. The van der Waals surface area contributed by atoms with Crippen LogP contribution < -0.4 is 5.32 Å². The molecule has 0 atom stereocenters. The van der Waals surface area contributed by atoms with Gasteiger partial charge in [0.1, 0.15) is 5.54 Å². The summed E-state index contributed by atoms with van der Waals surface area (Å²) >= 11 is 0. The van der Waals surface area contributed by atoms with Gasteiger partial charge in [-0.3, -0.25) is 9.69 Å². The molecular formula is C12H21N3O2. The van der Waals surface area contributed by atoms with Gasteiger partial charge in [-0.15, -0.1) is 0 Å². The van der Waals surface area contributed by atoms with E-state index in [0.29, 0.717) is 6.54 Å². The van der Waals surface area contributed by atoms with Gasteiger partial charge < -0.3 is 10.2 Å². The predicted molar refractivity (Wildman–Crippen MR) is 64.6 cm³/mol. The van der Waals surface area contributed by atoms with Crippen molar-refractivity contribution in [3.63, 3.8) is 0 Å². The average molecular weight is 239 g/mol. The number of rotatable bonds is 3. The van der Waals surface area contributed by atoms with Crippen LogP contribution in [-0.4, -0.2) is 53.5 Å². The molecule has 0 aliphatic carbocycles. The third-order valence-electron chi connectivity index (χ3n) is 3.53. The second kappa shape index (κ2) is 4.64. The van der Waals surface area contributed by atoms with Gasteiger partial charge in [-0.25, -0.2) is 4.79 Å². The van der Waals surface area contributed by atoms with E-state index in [1.807, 2.05) is 0 Å². The fourth-order valence-corrected chi connectivity index (χ4v) is 2.45. The van der Waals surface area contributed by atoms with Crippen molar-refractivity contribution in [3.05, 3.63) is 0 Å². The second-order valence-corrected chi connectivity index (χ2v) is 5.41. The van der Waals surface area contributed by atoms with Crippen LogP contribution in [-0.2, 0) is 4.79 Å². The van der Waals surface area contributed by atoms with E-state index in [1.54, 1.807) is 13.8 Å². The van der Waals surface area contributed by atoms with Crippen molar-refractivity contribution in [3.8, 4) is 0 Å². The first kappa shape index (κ1) is 12.4. The van der Waals surface area contributed by atoms with E-state index >= 15 is 0 Å². The summed E-state index contributed by atoms with van der Waals surface area (Å²) in [5, 5.41) is 2.70. The van der Waals surface area contributed by atoms with Gasteiger partial charge in [0.15, 0.2) is 0 Å². The number of carbonyl (C=O) groups excluding carboxylic acids is 2. The summed E-state index contributed by atoms with van der Waals surface area (Å²) in [6, 6.07) is -0.253. The molecule has 0 aromatic heterocycles. The molecule has 96 valence electrons. The number of hydrogen-bond acceptors (Lipinski definition) is 3. The summed E-state index contributed by atoms with van der Waals surface area (Å²) < 4.78 is 0. The first-order chi connectivity index (χ1) is 8.00. The molecule has 0 unspecified atom stereocenters. The molecule has 0 radical (unpaired) electrons. The highest BCUT2D eigenvalue weighted by atomic mass is 16.2. The minimum atomic E-state index is -0.737. The molecule has 2 rings (SSSR count). The van der Waals surface area contributed by atoms with Crippen molar-refractivity contribution in [2.75, 3.05) is 26.2 Å². The Morgan fingerprint density at radius 1 is 1.12 bits per heavy atom. The lowest BCUT2D eigenvalue weighted by molar-refractivity contribution is -0.130. The molecule has 2 saturated heterocycles. The van der Waals surface area contributed by atoms with Crippen molar-refractivity contribution >= 4 is 11.9 Å². The number of likely N-dealkylation sites (tertiary alicyclic amines) is 1. The summed E-state index contributed by atoms with van der Waals surface area (Å²) in [5.41, 5.74) is -0.737. The summed E-state index contributed by atoms with van der Waals surface area (Å²) in [6.07, 6.45) is 3.75. The van der Waals surface area contributed by atoms with Gasteiger partial charge in [0.2, 0.25) is 0 Å². The lowest BCUT2D eigenvalue weighted by atomic mass is 10.1. The van der Waals surface area contributed by atoms with Gasteiger partial charge in [-0.2, -0.15) is 0 Å². The Labute approximate surface area is 102 Å². The Hall–Kier alpha value is -1.10. The first-order valence-corrected chi connectivity index (χ1v) is 6.37. The van der Waals surface area contributed by atoms with Crippen LogP contribution in [0.2, 0.25) is 0 Å². The van der Waals surface area contributed by atoms with Crippen LogP contribution in [0.25, 0.3) is 0 Å². The SMILES string of the molecule is CC1(C)NC(=O)N(CCN2CCCCC2)C1=O. The van der Waals surface area contributed by atoms with Crippen LogP contribution in [0.3, 0.4) is 0 Å². The maximum atomic E-state index is 11.9. The highest BCUT2D eigenvalue weighted by Crippen LogP contribution is 2.16. The Morgan fingerprint density at radius 3 is 2.29 bits per heavy atom. The Morgan fingerprint density at radius 2 is 1.76 bits per heavy atom. The number of carbonyl (C=O) groups is 2. The zero-order valence-electron chi connectivity index (χ0n) is 10.7. The molecule has 3 amide bonds. The maximum absolute atomic E-state index is 11.9. The van der Waals surface area contributed by atoms with Crippen molar-refractivity contribution < 1.29 is 9.59 Å². The van der Waals surface area contributed by atoms with E-state index in [1.165, 1.54) is 24.2 Å². The summed E-state index contributed by atoms with van der Waals surface area (Å²) in [4.78, 5) is 27.3. The van der Waals surface area contributed by atoms with Gasteiger partial charge in [0.25, 0.3) is 5.91 Å². The summed E-state index contributed by atoms with van der Waals surface area (Å²) in [6.45, 7) is 6.98. The van der Waals surface area contributed by atoms with Crippen LogP contribution in [0, 0.1) is 0 Å². The highest BCUT2D eigenvalue weighted by Gasteiger charge is 2.43. The van der Waals surface area contributed by atoms with Gasteiger partial charge in [0, 0.05) is 13.1 Å². The molecular weight excluding hydrogens is 218 g/mol. The van der Waals surface area contributed by atoms with E-state index in [-0.39, 0.29) is 11.9 Å². The Balaban J connectivity index is 1.86. The topological polar surface area (TPSA) is 52.7 Å². The van der Waals surface area contributed by atoms with Gasteiger partial charge >= 0.3 is 6.03 Å². The summed E-state index contributed by atoms with van der Waals surface area (Å²) in [7, 11) is 0. The molecule has 5 nitrogen and oxygen atoms in total. The lowest BCUT2D eigenvalue weighted by Crippen LogP contribution is -2.42. The smallest absolute Gasteiger partial charge is 0.324 e. The van der Waals surface area contributed by atoms with Crippen molar-refractivity contribution in [1.29, 1.82) is 0 Å². The molecule has 0 spiro atoms. The lowest BCUT2D eigenvalue weighted by Gasteiger charge is -2.27. The largest absolute Gasteiger partial charge is 0.325 e. The van der Waals surface area contributed by atoms with Gasteiger partial charge in [-0.1, -0.05) is 6.42 Å². The first-order valence-electron chi connectivity index (χ1n) is 6.37. The van der Waals surface area contributed by atoms with Crippen LogP contribution >= 0.6 is 0 Å². The molecule has 2 heterocycles. The Kier molecular flexibility index (Phi) is 3.38. The summed E-state index contributed by atoms with van der Waals surface area (Å²) in [5.74, 6) is -0.112. The Bertz CT molecular complexity index is 322. The average Bonchev–Trinajstić information content (AvgIpc) is 2.48. The molecule has 2 fully saturated rings. The normalized spacial score (nSPS) is 25.2. The molecule has 0 aromatic rings. The van der Waals surface area contributed by atoms with Crippen molar-refractivity contribution in [2.45, 2.75) is 38.6 Å². The minimum Gasteiger partial charge on any atom is -0.324 e. The van der Waals surface area contributed by atoms with Crippen LogP contribution in [0.4, 0.5) is 4.79 Å². The number of urea groups is 1. The molecule has 0 saturated carbocycles. The molecule has 2 aliphatic rings. The predicted octanol–water partition coefficient (Wildman–Crippen LogP) is 0.803. The molecule has 1 N–H and O–H groups in total. The van der Waals surface area contributed by atoms with Crippen molar-refractivity contribution in [2.24, 2.45) is 0 Å². The van der Waals surface area contributed by atoms with Crippen LogP contribution in [0.15, 0.2) is 0 Å². The number of piperidine rings is 1. The molecule has 0 bridgehead atoms. The fraction of sp³-hybridized carbons (Fsp3) is 0.833. The number of nitrogens with zero attached hydrogens (tertiary/aromatic N) is 2. The van der Waals surface area contributed by atoms with Crippen LogP contribution in [0.1, 0.15) is 33.1 Å². The maximum Gasteiger partial charge on any atom is 0.325 e. The molecule has 17 heavy (non-hydrogen) atoms. The standard InChI is InChI=1S/C12H21N3O2/c1-12(2)10(16)15(11(17)13-12)9-8-14-6-4-3-5-7-14/h3-9H2,1-2H3,(H,13,17).